The summed E-state index contributed by atoms with van der Waals surface area (Å²) in [5.41, 5.74) is 9.81. The zero-order chi connectivity index (χ0) is 27.7. The van der Waals surface area contributed by atoms with Crippen LogP contribution in [0.4, 0.5) is 0 Å². The summed E-state index contributed by atoms with van der Waals surface area (Å²) in [4.78, 5) is 0. The van der Waals surface area contributed by atoms with Gasteiger partial charge in [0.1, 0.15) is 0 Å². The summed E-state index contributed by atoms with van der Waals surface area (Å²) in [5, 5.41) is 10.4. The fraction of sp³-hybridized carbons (Fsp3) is 0.122. The van der Waals surface area contributed by atoms with Gasteiger partial charge in [0.25, 0.3) is 0 Å². The van der Waals surface area contributed by atoms with E-state index in [1.165, 1.54) is 82.0 Å². The predicted octanol–water partition coefficient (Wildman–Crippen LogP) is 11.6. The summed E-state index contributed by atoms with van der Waals surface area (Å²) >= 11 is 0. The van der Waals surface area contributed by atoms with Gasteiger partial charge in [-0.2, -0.15) is 0 Å². The molecule has 0 aliphatic heterocycles. The van der Waals surface area contributed by atoms with Gasteiger partial charge in [0.05, 0.1) is 0 Å². The molecule has 0 bridgehead atoms. The van der Waals surface area contributed by atoms with Crippen LogP contribution in [0.2, 0.25) is 0 Å². The second-order valence-electron chi connectivity index (χ2n) is 12.5. The average molecular weight is 525 g/mol. The van der Waals surface area contributed by atoms with Crippen LogP contribution in [0.15, 0.2) is 127 Å². The Bertz CT molecular complexity index is 2090. The van der Waals surface area contributed by atoms with Gasteiger partial charge in [0, 0.05) is 0 Å². The van der Waals surface area contributed by atoms with Crippen molar-refractivity contribution >= 4 is 49.2 Å². The van der Waals surface area contributed by atoms with Crippen LogP contribution in [0.3, 0.4) is 0 Å². The summed E-state index contributed by atoms with van der Waals surface area (Å²) in [6.45, 7) is 7.06. The van der Waals surface area contributed by atoms with E-state index in [0.717, 1.165) is 6.42 Å². The maximum Gasteiger partial charge on any atom is -0.00207 e. The fourth-order valence-corrected chi connectivity index (χ4v) is 6.98. The highest BCUT2D eigenvalue weighted by molar-refractivity contribution is 6.16. The van der Waals surface area contributed by atoms with Crippen LogP contribution in [0.25, 0.3) is 71.4 Å². The quantitative estimate of drug-likeness (QED) is 0.197. The minimum atomic E-state index is 0.0925. The molecule has 0 saturated carbocycles. The lowest BCUT2D eigenvalue weighted by Crippen LogP contribution is -2.09. The molecule has 1 aliphatic carbocycles. The lowest BCUT2D eigenvalue weighted by atomic mass is 9.83. The Balaban J connectivity index is 1.50. The smallest absolute Gasteiger partial charge is 0.00207 e. The first-order chi connectivity index (χ1) is 20.0. The monoisotopic (exact) mass is 524 g/mol. The molecule has 0 atom stereocenters. The highest BCUT2D eigenvalue weighted by Crippen LogP contribution is 2.49. The van der Waals surface area contributed by atoms with Crippen LogP contribution in [-0.2, 0) is 6.42 Å². The van der Waals surface area contributed by atoms with Gasteiger partial charge in [0.2, 0.25) is 0 Å². The van der Waals surface area contributed by atoms with Crippen molar-refractivity contribution in [2.24, 2.45) is 5.41 Å². The Hall–Kier alpha value is -4.68. The minimum absolute atomic E-state index is 0.0925. The molecule has 0 radical (unpaired) electrons. The van der Waals surface area contributed by atoms with Gasteiger partial charge in [-0.15, -0.1) is 0 Å². The van der Waals surface area contributed by atoms with E-state index in [0.29, 0.717) is 0 Å². The highest BCUT2D eigenvalue weighted by Gasteiger charge is 2.29. The standard InChI is InChI=1S/C41H32/c1-41(2,3)30-24-37-35(39-31-16-8-4-12-26(31)22-27-13-5-9-17-32(27)39)20-21-36(38(37)25-30)40-33-18-10-6-14-28(33)23-29-15-7-11-19-34(29)40/h4-24H,25H2,1-3H3. The maximum absolute atomic E-state index is 2.51. The van der Waals surface area contributed by atoms with Gasteiger partial charge < -0.3 is 0 Å². The number of rotatable bonds is 2. The van der Waals surface area contributed by atoms with E-state index in [1.54, 1.807) is 0 Å². The van der Waals surface area contributed by atoms with E-state index in [-0.39, 0.29) is 5.41 Å². The highest BCUT2D eigenvalue weighted by atomic mass is 14.3. The van der Waals surface area contributed by atoms with Gasteiger partial charge in [-0.05, 0) is 100 Å². The van der Waals surface area contributed by atoms with Crippen LogP contribution in [0.1, 0.15) is 31.9 Å². The first-order valence-corrected chi connectivity index (χ1v) is 14.7. The topological polar surface area (TPSA) is 0 Å². The van der Waals surface area contributed by atoms with E-state index >= 15 is 0 Å². The second-order valence-corrected chi connectivity index (χ2v) is 12.5. The predicted molar refractivity (Wildman–Crippen MR) is 178 cm³/mol. The Labute approximate surface area is 241 Å². The summed E-state index contributed by atoms with van der Waals surface area (Å²) in [6, 6.07) is 45.0. The first kappa shape index (κ1) is 24.1. The molecule has 0 spiro atoms. The number of fused-ring (bicyclic) bond motifs is 5. The molecule has 196 valence electrons. The van der Waals surface area contributed by atoms with Crippen molar-refractivity contribution < 1.29 is 0 Å². The lowest BCUT2D eigenvalue weighted by molar-refractivity contribution is 0.498. The summed E-state index contributed by atoms with van der Waals surface area (Å²) in [5.74, 6) is 0. The third-order valence-electron chi connectivity index (χ3n) is 9.09. The number of allylic oxidation sites excluding steroid dienone is 1. The summed E-state index contributed by atoms with van der Waals surface area (Å²) in [6.07, 6.45) is 3.49. The lowest BCUT2D eigenvalue weighted by Gasteiger charge is -2.21. The Morgan fingerprint density at radius 3 is 1.29 bits per heavy atom. The molecule has 0 N–H and O–H groups in total. The molecule has 0 heterocycles. The number of benzene rings is 7. The van der Waals surface area contributed by atoms with E-state index in [4.69, 9.17) is 0 Å². The fourth-order valence-electron chi connectivity index (χ4n) is 6.98. The van der Waals surface area contributed by atoms with Crippen LogP contribution in [0.5, 0.6) is 0 Å². The molecule has 0 amide bonds. The van der Waals surface area contributed by atoms with Crippen molar-refractivity contribution in [1.29, 1.82) is 0 Å². The molecule has 1 aliphatic rings. The van der Waals surface area contributed by atoms with Gasteiger partial charge in [0.15, 0.2) is 0 Å². The molecule has 0 saturated heterocycles. The molecule has 0 unspecified atom stereocenters. The van der Waals surface area contributed by atoms with Crippen molar-refractivity contribution in [2.45, 2.75) is 27.2 Å². The molecular formula is C41H32. The zero-order valence-corrected chi connectivity index (χ0v) is 23.8. The molecule has 8 rings (SSSR count). The SMILES string of the molecule is CC(C)(C)C1=Cc2c(-c3c4ccccc4cc4ccccc34)ccc(-c3c4ccccc4cc4ccccc34)c2C1. The van der Waals surface area contributed by atoms with Crippen LogP contribution >= 0.6 is 0 Å². The second kappa shape index (κ2) is 8.91. The van der Waals surface area contributed by atoms with Crippen molar-refractivity contribution in [2.75, 3.05) is 0 Å². The maximum atomic E-state index is 2.51. The van der Waals surface area contributed by atoms with Crippen LogP contribution in [0, 0.1) is 5.41 Å². The Morgan fingerprint density at radius 2 is 0.854 bits per heavy atom. The van der Waals surface area contributed by atoms with Crippen molar-refractivity contribution in [3.8, 4) is 22.3 Å². The minimum Gasteiger partial charge on any atom is -0.0616 e. The number of hydrogen-bond donors (Lipinski definition) is 0. The third-order valence-corrected chi connectivity index (χ3v) is 9.09. The van der Waals surface area contributed by atoms with E-state index in [9.17, 15) is 0 Å². The third kappa shape index (κ3) is 3.75. The van der Waals surface area contributed by atoms with Gasteiger partial charge in [-0.25, -0.2) is 0 Å². The normalized spacial score (nSPS) is 13.3. The molecule has 7 aromatic rings. The summed E-state index contributed by atoms with van der Waals surface area (Å²) < 4.78 is 0. The Kier molecular flexibility index (Phi) is 5.25. The molecule has 0 nitrogen and oxygen atoms in total. The molecular weight excluding hydrogens is 492 g/mol. The van der Waals surface area contributed by atoms with Crippen molar-refractivity contribution in [3.63, 3.8) is 0 Å². The molecule has 0 heteroatoms. The molecule has 0 aromatic heterocycles. The largest absolute Gasteiger partial charge is 0.0616 e. The van der Waals surface area contributed by atoms with E-state index < -0.39 is 0 Å². The van der Waals surface area contributed by atoms with Crippen molar-refractivity contribution in [1.82, 2.24) is 0 Å². The average Bonchev–Trinajstić information content (AvgIpc) is 3.45. The molecule has 41 heavy (non-hydrogen) atoms. The summed E-state index contributed by atoms with van der Waals surface area (Å²) in [7, 11) is 0. The van der Waals surface area contributed by atoms with E-state index in [1.807, 2.05) is 0 Å². The molecule has 7 aromatic carbocycles. The van der Waals surface area contributed by atoms with Gasteiger partial charge in [-0.1, -0.05) is 142 Å². The molecule has 0 fully saturated rings. The Morgan fingerprint density at radius 1 is 0.463 bits per heavy atom. The van der Waals surface area contributed by atoms with Crippen molar-refractivity contribution in [3.05, 3.63) is 138 Å². The van der Waals surface area contributed by atoms with E-state index in [2.05, 4.69) is 148 Å². The first-order valence-electron chi connectivity index (χ1n) is 14.7. The van der Waals surface area contributed by atoms with Gasteiger partial charge in [-0.3, -0.25) is 0 Å². The van der Waals surface area contributed by atoms with Crippen LogP contribution < -0.4 is 0 Å². The van der Waals surface area contributed by atoms with Crippen LogP contribution in [-0.4, -0.2) is 0 Å². The zero-order valence-electron chi connectivity index (χ0n) is 23.8. The van der Waals surface area contributed by atoms with Gasteiger partial charge >= 0.3 is 0 Å². The number of hydrogen-bond acceptors (Lipinski definition) is 0.